The van der Waals surface area contributed by atoms with E-state index in [1.165, 1.54) is 0 Å². The van der Waals surface area contributed by atoms with Gasteiger partial charge in [0.15, 0.2) is 0 Å². The Kier molecular flexibility index (Phi) is 1.67. The van der Waals surface area contributed by atoms with Gasteiger partial charge >= 0.3 is 0 Å². The van der Waals surface area contributed by atoms with Gasteiger partial charge in [0.05, 0.1) is 0 Å². The Bertz CT molecular complexity index is 152. The molecule has 0 aromatic heterocycles. The van der Waals surface area contributed by atoms with Crippen molar-refractivity contribution >= 4 is 11.6 Å². The first-order valence-electron chi connectivity index (χ1n) is 2.89. The van der Waals surface area contributed by atoms with Crippen molar-refractivity contribution in [3.05, 3.63) is 0 Å². The van der Waals surface area contributed by atoms with Crippen molar-refractivity contribution in [2.45, 2.75) is 12.8 Å². The monoisotopic (exact) mass is 127 g/mol. The molecule has 9 heavy (non-hydrogen) atoms. The number of hydrazone groups is 1. The number of rotatable bonds is 0. The van der Waals surface area contributed by atoms with E-state index in [0.717, 1.165) is 13.0 Å². The predicted molar refractivity (Wildman–Crippen MR) is 33.9 cm³/mol. The van der Waals surface area contributed by atoms with Crippen molar-refractivity contribution in [1.82, 2.24) is 5.32 Å². The van der Waals surface area contributed by atoms with Gasteiger partial charge in [-0.2, -0.15) is 5.10 Å². The average Bonchev–Trinajstić information content (AvgIpc) is 1.89. The number of hydrogen-bond acceptors (Lipinski definition) is 3. The fourth-order valence-electron chi connectivity index (χ4n) is 0.796. The SMILES string of the molecule is N/N=C1/CCCNC1=O. The molecule has 1 amide bonds. The topological polar surface area (TPSA) is 67.5 Å². The minimum atomic E-state index is -0.122. The molecule has 1 heterocycles. The van der Waals surface area contributed by atoms with Gasteiger partial charge in [-0.05, 0) is 12.8 Å². The van der Waals surface area contributed by atoms with Crippen LogP contribution in [0.15, 0.2) is 5.10 Å². The van der Waals surface area contributed by atoms with Crippen molar-refractivity contribution in [2.75, 3.05) is 6.54 Å². The molecule has 0 aliphatic carbocycles. The molecular weight excluding hydrogens is 118 g/mol. The smallest absolute Gasteiger partial charge is 0.267 e. The predicted octanol–water partition coefficient (Wildman–Crippen LogP) is -0.789. The zero-order valence-corrected chi connectivity index (χ0v) is 5.05. The van der Waals surface area contributed by atoms with Gasteiger partial charge in [-0.25, -0.2) is 0 Å². The van der Waals surface area contributed by atoms with Gasteiger partial charge in [-0.15, -0.1) is 0 Å². The molecular formula is C5H9N3O. The summed E-state index contributed by atoms with van der Waals surface area (Å²) >= 11 is 0. The number of nitrogens with one attached hydrogen (secondary N) is 1. The Morgan fingerprint density at radius 2 is 2.44 bits per heavy atom. The molecule has 0 aromatic carbocycles. The Balaban J connectivity index is 2.60. The van der Waals surface area contributed by atoms with E-state index < -0.39 is 0 Å². The zero-order valence-electron chi connectivity index (χ0n) is 5.05. The van der Waals surface area contributed by atoms with Crippen LogP contribution in [0.4, 0.5) is 0 Å². The number of carbonyl (C=O) groups is 1. The van der Waals surface area contributed by atoms with Crippen molar-refractivity contribution in [3.63, 3.8) is 0 Å². The van der Waals surface area contributed by atoms with Crippen LogP contribution in [0.1, 0.15) is 12.8 Å². The van der Waals surface area contributed by atoms with Gasteiger partial charge < -0.3 is 11.2 Å². The molecule has 4 nitrogen and oxygen atoms in total. The van der Waals surface area contributed by atoms with Gasteiger partial charge in [-0.1, -0.05) is 0 Å². The largest absolute Gasteiger partial charge is 0.351 e. The van der Waals surface area contributed by atoms with Crippen LogP contribution >= 0.6 is 0 Å². The molecule has 0 bridgehead atoms. The molecule has 0 saturated carbocycles. The summed E-state index contributed by atoms with van der Waals surface area (Å²) in [5.41, 5.74) is 0.459. The van der Waals surface area contributed by atoms with Crippen molar-refractivity contribution in [3.8, 4) is 0 Å². The summed E-state index contributed by atoms with van der Waals surface area (Å²) in [6, 6.07) is 0. The number of hydrogen-bond donors (Lipinski definition) is 2. The standard InChI is InChI=1S/C5H9N3O/c6-8-4-2-1-3-7-5(4)9/h1-3,6H2,(H,7,9)/b8-4-. The van der Waals surface area contributed by atoms with E-state index in [9.17, 15) is 4.79 Å². The second-order valence-corrected chi connectivity index (χ2v) is 1.94. The number of piperidine rings is 1. The Morgan fingerprint density at radius 3 is 2.89 bits per heavy atom. The second kappa shape index (κ2) is 2.48. The van der Waals surface area contributed by atoms with Crippen LogP contribution in [0.2, 0.25) is 0 Å². The lowest BCUT2D eigenvalue weighted by Gasteiger charge is -2.11. The first-order valence-corrected chi connectivity index (χ1v) is 2.89. The molecule has 1 saturated heterocycles. The van der Waals surface area contributed by atoms with Crippen molar-refractivity contribution < 1.29 is 4.79 Å². The highest BCUT2D eigenvalue weighted by Crippen LogP contribution is 1.96. The Hall–Kier alpha value is -1.06. The summed E-state index contributed by atoms with van der Waals surface area (Å²) in [6.07, 6.45) is 1.66. The first-order chi connectivity index (χ1) is 4.34. The van der Waals surface area contributed by atoms with Gasteiger partial charge in [-0.3, -0.25) is 4.79 Å². The summed E-state index contributed by atoms with van der Waals surface area (Å²) in [6.45, 7) is 0.748. The van der Waals surface area contributed by atoms with Crippen LogP contribution < -0.4 is 11.2 Å². The molecule has 1 aliphatic rings. The maximum Gasteiger partial charge on any atom is 0.267 e. The Labute approximate surface area is 53.1 Å². The molecule has 0 atom stereocenters. The minimum absolute atomic E-state index is 0.122. The fraction of sp³-hybridized carbons (Fsp3) is 0.600. The van der Waals surface area contributed by atoms with Crippen molar-refractivity contribution in [2.24, 2.45) is 10.9 Å². The third-order valence-electron chi connectivity index (χ3n) is 1.29. The van der Waals surface area contributed by atoms with Crippen LogP contribution in [-0.2, 0) is 4.79 Å². The number of nitrogens with two attached hydrogens (primary N) is 1. The second-order valence-electron chi connectivity index (χ2n) is 1.94. The molecule has 50 valence electrons. The highest BCUT2D eigenvalue weighted by molar-refractivity contribution is 6.39. The molecule has 1 fully saturated rings. The third-order valence-corrected chi connectivity index (χ3v) is 1.29. The molecule has 0 unspecified atom stereocenters. The number of nitrogens with zero attached hydrogens (tertiary/aromatic N) is 1. The van der Waals surface area contributed by atoms with E-state index in [1.54, 1.807) is 0 Å². The highest BCUT2D eigenvalue weighted by atomic mass is 16.2. The number of amides is 1. The van der Waals surface area contributed by atoms with Gasteiger partial charge in [0.2, 0.25) is 0 Å². The normalized spacial score (nSPS) is 24.0. The van der Waals surface area contributed by atoms with Gasteiger partial charge in [0.25, 0.3) is 5.91 Å². The van der Waals surface area contributed by atoms with Gasteiger partial charge in [0.1, 0.15) is 5.71 Å². The van der Waals surface area contributed by atoms with E-state index in [1.807, 2.05) is 0 Å². The van der Waals surface area contributed by atoms with Crippen LogP contribution in [0.3, 0.4) is 0 Å². The molecule has 0 aromatic rings. The maximum atomic E-state index is 10.7. The number of carbonyl (C=O) groups excluding carboxylic acids is 1. The summed E-state index contributed by atoms with van der Waals surface area (Å²) in [7, 11) is 0. The lowest BCUT2D eigenvalue weighted by atomic mass is 10.1. The van der Waals surface area contributed by atoms with E-state index in [4.69, 9.17) is 5.84 Å². The summed E-state index contributed by atoms with van der Waals surface area (Å²) in [5.74, 6) is 4.80. The van der Waals surface area contributed by atoms with Crippen molar-refractivity contribution in [1.29, 1.82) is 0 Å². The van der Waals surface area contributed by atoms with E-state index in [0.29, 0.717) is 12.1 Å². The quantitative estimate of drug-likeness (QED) is 0.331. The van der Waals surface area contributed by atoms with E-state index in [2.05, 4.69) is 10.4 Å². The molecule has 0 spiro atoms. The third kappa shape index (κ3) is 1.19. The molecule has 0 radical (unpaired) electrons. The summed E-state index contributed by atoms with van der Waals surface area (Å²) in [5, 5.41) is 5.97. The van der Waals surface area contributed by atoms with Crippen LogP contribution in [-0.4, -0.2) is 18.2 Å². The molecule has 1 aliphatic heterocycles. The maximum absolute atomic E-state index is 10.7. The van der Waals surface area contributed by atoms with E-state index >= 15 is 0 Å². The lowest BCUT2D eigenvalue weighted by molar-refractivity contribution is -0.115. The van der Waals surface area contributed by atoms with Crippen LogP contribution in [0.5, 0.6) is 0 Å². The fourth-order valence-corrected chi connectivity index (χ4v) is 0.796. The summed E-state index contributed by atoms with van der Waals surface area (Å²) in [4.78, 5) is 10.7. The Morgan fingerprint density at radius 1 is 1.67 bits per heavy atom. The average molecular weight is 127 g/mol. The summed E-state index contributed by atoms with van der Waals surface area (Å²) < 4.78 is 0. The zero-order chi connectivity index (χ0) is 6.69. The minimum Gasteiger partial charge on any atom is -0.351 e. The molecule has 4 heteroatoms. The molecule has 3 N–H and O–H groups in total. The highest BCUT2D eigenvalue weighted by Gasteiger charge is 2.14. The molecule has 1 rings (SSSR count). The van der Waals surface area contributed by atoms with Crippen LogP contribution in [0, 0.1) is 0 Å². The lowest BCUT2D eigenvalue weighted by Crippen LogP contribution is -2.37. The van der Waals surface area contributed by atoms with E-state index in [-0.39, 0.29) is 5.91 Å². The first kappa shape index (κ1) is 6.07. The van der Waals surface area contributed by atoms with Crippen LogP contribution in [0.25, 0.3) is 0 Å². The van der Waals surface area contributed by atoms with Gasteiger partial charge in [0, 0.05) is 6.54 Å².